The molecule has 1 amide bonds. The van der Waals surface area contributed by atoms with Gasteiger partial charge < -0.3 is 5.32 Å². The Bertz CT molecular complexity index is 264. The van der Waals surface area contributed by atoms with Crippen molar-refractivity contribution >= 4 is 5.91 Å². The van der Waals surface area contributed by atoms with Crippen molar-refractivity contribution in [3.05, 3.63) is 0 Å². The SMILES string of the molecule is CCCCC[C@@H](C)NC(=O)[C@H]1C[C@H]2CC[C@H]1C2. The van der Waals surface area contributed by atoms with E-state index in [4.69, 9.17) is 0 Å². The molecule has 0 aromatic heterocycles. The molecule has 0 unspecified atom stereocenters. The lowest BCUT2D eigenvalue weighted by Gasteiger charge is -2.23. The second-order valence-electron chi connectivity index (χ2n) is 6.19. The predicted molar refractivity (Wildman–Crippen MR) is 70.7 cm³/mol. The lowest BCUT2D eigenvalue weighted by atomic mass is 9.88. The van der Waals surface area contributed by atoms with E-state index in [1.165, 1.54) is 38.5 Å². The van der Waals surface area contributed by atoms with E-state index in [0.29, 0.717) is 23.8 Å². The number of fused-ring (bicyclic) bond motifs is 2. The van der Waals surface area contributed by atoms with Crippen LogP contribution in [-0.2, 0) is 4.79 Å². The molecule has 98 valence electrons. The fourth-order valence-electron chi connectivity index (χ4n) is 3.69. The highest BCUT2D eigenvalue weighted by atomic mass is 16.2. The van der Waals surface area contributed by atoms with Crippen molar-refractivity contribution < 1.29 is 4.79 Å². The van der Waals surface area contributed by atoms with Crippen LogP contribution in [-0.4, -0.2) is 11.9 Å². The van der Waals surface area contributed by atoms with Crippen LogP contribution >= 0.6 is 0 Å². The summed E-state index contributed by atoms with van der Waals surface area (Å²) in [6.45, 7) is 4.37. The van der Waals surface area contributed by atoms with Gasteiger partial charge in [-0.15, -0.1) is 0 Å². The molecule has 2 saturated carbocycles. The summed E-state index contributed by atoms with van der Waals surface area (Å²) in [4.78, 5) is 12.2. The molecular weight excluding hydrogens is 210 g/mol. The Kier molecular flexibility index (Phi) is 4.47. The highest BCUT2D eigenvalue weighted by Gasteiger charge is 2.43. The van der Waals surface area contributed by atoms with Crippen molar-refractivity contribution in [2.24, 2.45) is 17.8 Å². The first-order valence-electron chi connectivity index (χ1n) is 7.51. The van der Waals surface area contributed by atoms with E-state index < -0.39 is 0 Å². The number of unbranched alkanes of at least 4 members (excludes halogenated alkanes) is 2. The van der Waals surface area contributed by atoms with Crippen LogP contribution in [0.1, 0.15) is 65.2 Å². The van der Waals surface area contributed by atoms with E-state index in [9.17, 15) is 4.79 Å². The molecule has 0 aromatic carbocycles. The maximum atomic E-state index is 12.2. The molecule has 0 radical (unpaired) electrons. The van der Waals surface area contributed by atoms with E-state index in [-0.39, 0.29) is 0 Å². The summed E-state index contributed by atoms with van der Waals surface area (Å²) in [7, 11) is 0. The highest BCUT2D eigenvalue weighted by molar-refractivity contribution is 5.79. The monoisotopic (exact) mass is 237 g/mol. The fraction of sp³-hybridized carbons (Fsp3) is 0.933. The van der Waals surface area contributed by atoms with Crippen molar-refractivity contribution in [2.45, 2.75) is 71.3 Å². The standard InChI is InChI=1S/C15H27NO/c1-3-4-5-6-11(2)16-15(17)14-10-12-7-8-13(14)9-12/h11-14H,3-10H2,1-2H3,(H,16,17)/t11-,12+,13+,14+/m1/s1. The van der Waals surface area contributed by atoms with Gasteiger partial charge in [0.25, 0.3) is 0 Å². The Balaban J connectivity index is 1.70. The first-order valence-corrected chi connectivity index (χ1v) is 7.51. The van der Waals surface area contributed by atoms with Gasteiger partial charge in [0.2, 0.25) is 5.91 Å². The van der Waals surface area contributed by atoms with Gasteiger partial charge in [-0.2, -0.15) is 0 Å². The average Bonchev–Trinajstić information content (AvgIpc) is 2.91. The summed E-state index contributed by atoms with van der Waals surface area (Å²) < 4.78 is 0. The number of rotatable bonds is 6. The third-order valence-electron chi connectivity index (χ3n) is 4.70. The third kappa shape index (κ3) is 3.23. The number of nitrogens with one attached hydrogen (secondary N) is 1. The van der Waals surface area contributed by atoms with Crippen LogP contribution in [0.3, 0.4) is 0 Å². The molecule has 2 nitrogen and oxygen atoms in total. The van der Waals surface area contributed by atoms with E-state index in [2.05, 4.69) is 19.2 Å². The second-order valence-corrected chi connectivity index (χ2v) is 6.19. The van der Waals surface area contributed by atoms with Gasteiger partial charge in [0.05, 0.1) is 0 Å². The van der Waals surface area contributed by atoms with Crippen LogP contribution in [0.15, 0.2) is 0 Å². The van der Waals surface area contributed by atoms with Gasteiger partial charge in [-0.25, -0.2) is 0 Å². The molecule has 2 rings (SSSR count). The Morgan fingerprint density at radius 2 is 2.12 bits per heavy atom. The molecule has 2 fully saturated rings. The quantitative estimate of drug-likeness (QED) is 0.704. The minimum absolute atomic E-state index is 0.348. The first-order chi connectivity index (χ1) is 8.20. The zero-order valence-corrected chi connectivity index (χ0v) is 11.4. The lowest BCUT2D eigenvalue weighted by Crippen LogP contribution is -2.39. The molecule has 4 atom stereocenters. The van der Waals surface area contributed by atoms with Crippen LogP contribution in [0, 0.1) is 17.8 Å². The second kappa shape index (κ2) is 5.88. The van der Waals surface area contributed by atoms with Gasteiger partial charge in [-0.05, 0) is 44.4 Å². The Morgan fingerprint density at radius 1 is 1.29 bits per heavy atom. The van der Waals surface area contributed by atoms with Crippen molar-refractivity contribution in [1.29, 1.82) is 0 Å². The lowest BCUT2D eigenvalue weighted by molar-refractivity contribution is -0.127. The van der Waals surface area contributed by atoms with E-state index in [0.717, 1.165) is 18.8 Å². The van der Waals surface area contributed by atoms with Gasteiger partial charge in [-0.1, -0.05) is 32.6 Å². The number of hydrogen-bond acceptors (Lipinski definition) is 1. The Labute approximate surface area is 106 Å². The van der Waals surface area contributed by atoms with Gasteiger partial charge in [0.1, 0.15) is 0 Å². The van der Waals surface area contributed by atoms with E-state index >= 15 is 0 Å². The van der Waals surface area contributed by atoms with Crippen LogP contribution in [0.2, 0.25) is 0 Å². The molecule has 1 N–H and O–H groups in total. The smallest absolute Gasteiger partial charge is 0.223 e. The summed E-state index contributed by atoms with van der Waals surface area (Å²) in [5.74, 6) is 2.28. The summed E-state index contributed by atoms with van der Waals surface area (Å²) in [6, 6.07) is 0.369. The molecule has 0 aromatic rings. The fourth-order valence-corrected chi connectivity index (χ4v) is 3.69. The van der Waals surface area contributed by atoms with E-state index in [1.54, 1.807) is 0 Å². The number of carbonyl (C=O) groups excluding carboxylic acids is 1. The molecule has 2 aliphatic rings. The summed E-state index contributed by atoms with van der Waals surface area (Å²) >= 11 is 0. The van der Waals surface area contributed by atoms with Crippen LogP contribution in [0.4, 0.5) is 0 Å². The summed E-state index contributed by atoms with van der Waals surface area (Å²) in [6.07, 6.45) is 10.1. The highest BCUT2D eigenvalue weighted by Crippen LogP contribution is 2.48. The molecular formula is C15H27NO. The summed E-state index contributed by atoms with van der Waals surface area (Å²) in [5.41, 5.74) is 0. The largest absolute Gasteiger partial charge is 0.353 e. The molecule has 2 aliphatic carbocycles. The topological polar surface area (TPSA) is 29.1 Å². The first kappa shape index (κ1) is 12.9. The molecule has 0 spiro atoms. The number of carbonyl (C=O) groups is 1. The van der Waals surface area contributed by atoms with Crippen molar-refractivity contribution in [1.82, 2.24) is 5.32 Å². The number of amides is 1. The normalized spacial score (nSPS) is 32.7. The van der Waals surface area contributed by atoms with Crippen molar-refractivity contribution in [3.63, 3.8) is 0 Å². The van der Waals surface area contributed by atoms with Gasteiger partial charge >= 0.3 is 0 Å². The van der Waals surface area contributed by atoms with Gasteiger partial charge in [0, 0.05) is 12.0 Å². The van der Waals surface area contributed by atoms with Gasteiger partial charge in [0.15, 0.2) is 0 Å². The van der Waals surface area contributed by atoms with Crippen molar-refractivity contribution in [3.8, 4) is 0 Å². The maximum Gasteiger partial charge on any atom is 0.223 e. The molecule has 2 bridgehead atoms. The third-order valence-corrected chi connectivity index (χ3v) is 4.70. The molecule has 0 aliphatic heterocycles. The zero-order chi connectivity index (χ0) is 12.3. The van der Waals surface area contributed by atoms with Crippen LogP contribution in [0.5, 0.6) is 0 Å². The zero-order valence-electron chi connectivity index (χ0n) is 11.4. The predicted octanol–water partition coefficient (Wildman–Crippen LogP) is 3.51. The van der Waals surface area contributed by atoms with E-state index in [1.807, 2.05) is 0 Å². The van der Waals surface area contributed by atoms with Crippen LogP contribution in [0.25, 0.3) is 0 Å². The minimum Gasteiger partial charge on any atom is -0.353 e. The molecule has 0 saturated heterocycles. The molecule has 0 heterocycles. The Morgan fingerprint density at radius 3 is 2.71 bits per heavy atom. The number of hydrogen-bond donors (Lipinski definition) is 1. The van der Waals surface area contributed by atoms with Crippen molar-refractivity contribution in [2.75, 3.05) is 0 Å². The summed E-state index contributed by atoms with van der Waals surface area (Å²) in [5, 5.41) is 3.23. The minimum atomic E-state index is 0.348. The maximum absolute atomic E-state index is 12.2. The van der Waals surface area contributed by atoms with Gasteiger partial charge in [-0.3, -0.25) is 4.79 Å². The Hall–Kier alpha value is -0.530. The molecule has 2 heteroatoms. The van der Waals surface area contributed by atoms with Crippen LogP contribution < -0.4 is 5.32 Å². The molecule has 17 heavy (non-hydrogen) atoms. The average molecular weight is 237 g/mol.